The first-order valence-electron chi connectivity index (χ1n) is 6.47. The van der Waals surface area contributed by atoms with Gasteiger partial charge in [0.25, 0.3) is 0 Å². The molecule has 20 heavy (non-hydrogen) atoms. The molecule has 0 saturated carbocycles. The van der Waals surface area contributed by atoms with Crippen molar-refractivity contribution in [3.05, 3.63) is 78.0 Å². The molecule has 0 saturated heterocycles. The number of anilines is 1. The monoisotopic (exact) mass is 261 g/mol. The number of aromatic nitrogens is 2. The summed E-state index contributed by atoms with van der Waals surface area (Å²) in [6.45, 7) is 0. The molecule has 1 heterocycles. The van der Waals surface area contributed by atoms with E-state index in [0.717, 1.165) is 16.9 Å². The summed E-state index contributed by atoms with van der Waals surface area (Å²) in [5.74, 6) is 0.629. The number of para-hydroxylation sites is 1. The zero-order chi connectivity index (χ0) is 13.8. The lowest BCUT2D eigenvalue weighted by molar-refractivity contribution is 0.886. The molecule has 2 aromatic carbocycles. The van der Waals surface area contributed by atoms with Crippen LogP contribution in [0.15, 0.2) is 66.7 Å². The van der Waals surface area contributed by atoms with E-state index in [1.165, 1.54) is 0 Å². The van der Waals surface area contributed by atoms with Crippen LogP contribution in [-0.4, -0.2) is 9.78 Å². The van der Waals surface area contributed by atoms with Gasteiger partial charge < -0.3 is 5.73 Å². The molecule has 98 valence electrons. The Morgan fingerprint density at radius 3 is 2.20 bits per heavy atom. The molecular weight excluding hydrogens is 246 g/mol. The molecule has 3 heteroatoms. The molecule has 0 spiro atoms. The average molecular weight is 261 g/mol. The van der Waals surface area contributed by atoms with E-state index in [1.54, 1.807) is 4.68 Å². The topological polar surface area (TPSA) is 43.8 Å². The molecule has 0 atom stereocenters. The maximum Gasteiger partial charge on any atom is 0.127 e. The smallest absolute Gasteiger partial charge is 0.127 e. The molecule has 0 bridgehead atoms. The van der Waals surface area contributed by atoms with Crippen molar-refractivity contribution in [2.75, 3.05) is 5.73 Å². The number of nitrogen functional groups attached to an aromatic ring is 1. The van der Waals surface area contributed by atoms with E-state index in [4.69, 9.17) is 5.73 Å². The Kier molecular flexibility index (Phi) is 3.33. The third kappa shape index (κ3) is 2.62. The Labute approximate surface area is 118 Å². The van der Waals surface area contributed by atoms with Crippen molar-refractivity contribution in [3.8, 4) is 5.69 Å². The van der Waals surface area contributed by atoms with Crippen LogP contribution in [0.1, 0.15) is 11.3 Å². The van der Waals surface area contributed by atoms with Crippen molar-refractivity contribution in [1.82, 2.24) is 9.78 Å². The highest BCUT2D eigenvalue weighted by molar-refractivity contribution is 5.69. The molecule has 1 aromatic heterocycles. The fraction of sp³-hybridized carbons (Fsp3) is 0. The largest absolute Gasteiger partial charge is 0.384 e. The maximum absolute atomic E-state index is 6.01. The Bertz CT molecular complexity index is 713. The van der Waals surface area contributed by atoms with E-state index in [2.05, 4.69) is 5.10 Å². The van der Waals surface area contributed by atoms with Crippen molar-refractivity contribution in [3.63, 3.8) is 0 Å². The number of nitrogens with zero attached hydrogens (tertiary/aromatic N) is 2. The summed E-state index contributed by atoms with van der Waals surface area (Å²) >= 11 is 0. The van der Waals surface area contributed by atoms with Crippen LogP contribution in [0, 0.1) is 0 Å². The molecular formula is C17H15N3. The second-order valence-electron chi connectivity index (χ2n) is 4.49. The Morgan fingerprint density at radius 1 is 0.850 bits per heavy atom. The first-order valence-corrected chi connectivity index (χ1v) is 6.47. The molecule has 2 N–H and O–H groups in total. The van der Waals surface area contributed by atoms with Gasteiger partial charge in [-0.1, -0.05) is 54.6 Å². The quantitative estimate of drug-likeness (QED) is 0.782. The minimum atomic E-state index is 0.629. The maximum atomic E-state index is 6.01. The summed E-state index contributed by atoms with van der Waals surface area (Å²) in [5.41, 5.74) is 8.95. The molecule has 0 fully saturated rings. The first-order chi connectivity index (χ1) is 9.83. The summed E-state index contributed by atoms with van der Waals surface area (Å²) in [4.78, 5) is 0. The van der Waals surface area contributed by atoms with Crippen LogP contribution in [0.2, 0.25) is 0 Å². The predicted molar refractivity (Wildman–Crippen MR) is 83.3 cm³/mol. The van der Waals surface area contributed by atoms with Crippen LogP contribution in [0.5, 0.6) is 0 Å². The van der Waals surface area contributed by atoms with Crippen molar-refractivity contribution in [1.29, 1.82) is 0 Å². The number of hydrogen-bond donors (Lipinski definition) is 1. The Morgan fingerprint density at radius 2 is 1.50 bits per heavy atom. The summed E-state index contributed by atoms with van der Waals surface area (Å²) in [6, 6.07) is 21.9. The molecule has 0 aliphatic heterocycles. The average Bonchev–Trinajstić information content (AvgIpc) is 2.88. The van der Waals surface area contributed by atoms with E-state index >= 15 is 0 Å². The molecule has 0 unspecified atom stereocenters. The number of rotatable bonds is 3. The molecule has 3 nitrogen and oxygen atoms in total. The summed E-state index contributed by atoms with van der Waals surface area (Å²) < 4.78 is 1.74. The van der Waals surface area contributed by atoms with Gasteiger partial charge in [0.05, 0.1) is 11.4 Å². The fourth-order valence-electron chi connectivity index (χ4n) is 2.02. The van der Waals surface area contributed by atoms with Gasteiger partial charge in [-0.3, -0.25) is 0 Å². The van der Waals surface area contributed by atoms with Gasteiger partial charge in [0.1, 0.15) is 5.82 Å². The summed E-state index contributed by atoms with van der Waals surface area (Å²) in [7, 11) is 0. The van der Waals surface area contributed by atoms with Gasteiger partial charge in [-0.15, -0.1) is 0 Å². The Hall–Kier alpha value is -2.81. The Balaban J connectivity index is 1.88. The normalized spacial score (nSPS) is 11.0. The molecule has 0 aliphatic rings. The molecule has 0 aliphatic carbocycles. The van der Waals surface area contributed by atoms with Crippen LogP contribution in [-0.2, 0) is 0 Å². The van der Waals surface area contributed by atoms with E-state index in [9.17, 15) is 0 Å². The highest BCUT2D eigenvalue weighted by atomic mass is 15.3. The molecule has 0 amide bonds. The SMILES string of the molecule is Nc1cc(/C=C/c2ccccc2)nn1-c1ccccc1. The minimum Gasteiger partial charge on any atom is -0.384 e. The highest BCUT2D eigenvalue weighted by Crippen LogP contribution is 2.15. The van der Waals surface area contributed by atoms with Crippen molar-refractivity contribution in [2.24, 2.45) is 0 Å². The van der Waals surface area contributed by atoms with Gasteiger partial charge >= 0.3 is 0 Å². The van der Waals surface area contributed by atoms with Crippen molar-refractivity contribution < 1.29 is 0 Å². The predicted octanol–water partition coefficient (Wildman–Crippen LogP) is 3.62. The number of hydrogen-bond acceptors (Lipinski definition) is 2. The fourth-order valence-corrected chi connectivity index (χ4v) is 2.02. The zero-order valence-electron chi connectivity index (χ0n) is 11.0. The number of benzene rings is 2. The van der Waals surface area contributed by atoms with Crippen molar-refractivity contribution >= 4 is 18.0 Å². The van der Waals surface area contributed by atoms with Crippen LogP contribution in [0.4, 0.5) is 5.82 Å². The third-order valence-corrected chi connectivity index (χ3v) is 3.00. The second-order valence-corrected chi connectivity index (χ2v) is 4.49. The molecule has 3 rings (SSSR count). The standard InChI is InChI=1S/C17H15N3/c18-17-13-15(12-11-14-7-3-1-4-8-14)19-20(17)16-9-5-2-6-10-16/h1-13H,18H2/b12-11+. The lowest BCUT2D eigenvalue weighted by Crippen LogP contribution is -2.00. The van der Waals surface area contributed by atoms with E-state index in [1.807, 2.05) is 78.9 Å². The lowest BCUT2D eigenvalue weighted by Gasteiger charge is -2.02. The van der Waals surface area contributed by atoms with Gasteiger partial charge in [-0.2, -0.15) is 5.10 Å². The minimum absolute atomic E-state index is 0.629. The summed E-state index contributed by atoms with van der Waals surface area (Å²) in [5, 5.41) is 4.50. The molecule has 0 radical (unpaired) electrons. The van der Waals surface area contributed by atoms with Gasteiger partial charge in [0, 0.05) is 6.07 Å². The van der Waals surface area contributed by atoms with Gasteiger partial charge in [0.15, 0.2) is 0 Å². The van der Waals surface area contributed by atoms with Crippen LogP contribution < -0.4 is 5.73 Å². The highest BCUT2D eigenvalue weighted by Gasteiger charge is 2.04. The van der Waals surface area contributed by atoms with E-state index in [0.29, 0.717) is 5.82 Å². The third-order valence-electron chi connectivity index (χ3n) is 3.00. The second kappa shape index (κ2) is 5.45. The van der Waals surface area contributed by atoms with E-state index in [-0.39, 0.29) is 0 Å². The van der Waals surface area contributed by atoms with Crippen LogP contribution >= 0.6 is 0 Å². The number of nitrogens with two attached hydrogens (primary N) is 1. The van der Waals surface area contributed by atoms with E-state index < -0.39 is 0 Å². The van der Waals surface area contributed by atoms with Crippen LogP contribution in [0.3, 0.4) is 0 Å². The van der Waals surface area contributed by atoms with Gasteiger partial charge in [0.2, 0.25) is 0 Å². The summed E-state index contributed by atoms with van der Waals surface area (Å²) in [6.07, 6.45) is 3.99. The zero-order valence-corrected chi connectivity index (χ0v) is 11.0. The first kappa shape index (κ1) is 12.2. The molecule has 3 aromatic rings. The van der Waals surface area contributed by atoms with Gasteiger partial charge in [-0.05, 0) is 23.8 Å². The van der Waals surface area contributed by atoms with Crippen molar-refractivity contribution in [2.45, 2.75) is 0 Å². The lowest BCUT2D eigenvalue weighted by atomic mass is 10.2. The van der Waals surface area contributed by atoms with Gasteiger partial charge in [-0.25, -0.2) is 4.68 Å². The van der Waals surface area contributed by atoms with Crippen LogP contribution in [0.25, 0.3) is 17.8 Å².